The Balaban J connectivity index is 2.20. The lowest BCUT2D eigenvalue weighted by molar-refractivity contribution is 0.0902. The molecule has 1 N–H and O–H groups in total. The number of carbonyl (C=O) groups excluding carboxylic acids is 1. The molecule has 1 atom stereocenters. The van der Waals surface area contributed by atoms with Gasteiger partial charge in [-0.2, -0.15) is 0 Å². The van der Waals surface area contributed by atoms with E-state index in [0.717, 1.165) is 32.5 Å². The van der Waals surface area contributed by atoms with E-state index in [-0.39, 0.29) is 22.4 Å². The van der Waals surface area contributed by atoms with Gasteiger partial charge in [-0.15, -0.1) is 0 Å². The van der Waals surface area contributed by atoms with E-state index in [1.165, 1.54) is 6.07 Å². The van der Waals surface area contributed by atoms with Gasteiger partial charge in [0.25, 0.3) is 5.91 Å². The Hall–Kier alpha value is -1.40. The smallest absolute Gasteiger partial charge is 0.252 e. The number of nitrogens with one attached hydrogen (secondary N) is 1. The molecule has 2 rings (SSSR count). The number of sulfone groups is 1. The molecule has 1 amide bonds. The monoisotopic (exact) mass is 338 g/mol. The third kappa shape index (κ3) is 4.12. The molecule has 23 heavy (non-hydrogen) atoms. The maximum absolute atomic E-state index is 12.6. The van der Waals surface area contributed by atoms with Gasteiger partial charge in [0.05, 0.1) is 15.7 Å². The molecule has 1 aliphatic heterocycles. The van der Waals surface area contributed by atoms with Crippen LogP contribution in [0.5, 0.6) is 0 Å². The van der Waals surface area contributed by atoms with Crippen molar-refractivity contribution < 1.29 is 13.2 Å². The first-order valence-electron chi connectivity index (χ1n) is 8.22. The molecule has 5 nitrogen and oxygen atoms in total. The Morgan fingerprint density at radius 3 is 2.70 bits per heavy atom. The molecule has 0 aliphatic carbocycles. The first-order chi connectivity index (χ1) is 10.9. The van der Waals surface area contributed by atoms with Crippen LogP contribution in [0, 0.1) is 0 Å². The van der Waals surface area contributed by atoms with Crippen LogP contribution in [0.2, 0.25) is 0 Å². The highest BCUT2D eigenvalue weighted by atomic mass is 32.2. The van der Waals surface area contributed by atoms with E-state index in [9.17, 15) is 13.2 Å². The molecule has 1 fully saturated rings. The lowest BCUT2D eigenvalue weighted by Gasteiger charge is -2.32. The molecule has 1 unspecified atom stereocenters. The van der Waals surface area contributed by atoms with Crippen molar-refractivity contribution in [2.45, 2.75) is 49.8 Å². The maximum atomic E-state index is 12.6. The summed E-state index contributed by atoms with van der Waals surface area (Å²) in [5.41, 5.74) is 0.245. The second-order valence-electron chi connectivity index (χ2n) is 6.30. The van der Waals surface area contributed by atoms with Gasteiger partial charge in [-0.3, -0.25) is 4.79 Å². The predicted octanol–water partition coefficient (Wildman–Crippen LogP) is 2.08. The number of benzene rings is 1. The van der Waals surface area contributed by atoms with E-state index in [1.54, 1.807) is 32.0 Å². The van der Waals surface area contributed by atoms with Gasteiger partial charge in [-0.1, -0.05) is 19.1 Å². The van der Waals surface area contributed by atoms with Crippen molar-refractivity contribution in [3.63, 3.8) is 0 Å². The highest BCUT2D eigenvalue weighted by Crippen LogP contribution is 2.21. The van der Waals surface area contributed by atoms with E-state index >= 15 is 0 Å². The predicted molar refractivity (Wildman–Crippen MR) is 91.4 cm³/mol. The Morgan fingerprint density at radius 1 is 1.35 bits per heavy atom. The average Bonchev–Trinajstić information content (AvgIpc) is 2.54. The number of likely N-dealkylation sites (N-methyl/N-ethyl adjacent to an activating group) is 1. The van der Waals surface area contributed by atoms with Gasteiger partial charge in [0.15, 0.2) is 9.84 Å². The second kappa shape index (κ2) is 7.45. The Bertz CT molecular complexity index is 656. The van der Waals surface area contributed by atoms with Crippen LogP contribution in [0.15, 0.2) is 29.2 Å². The molecule has 0 radical (unpaired) electrons. The van der Waals surface area contributed by atoms with Crippen LogP contribution >= 0.6 is 0 Å². The molecule has 1 heterocycles. The van der Waals surface area contributed by atoms with Crippen LogP contribution in [0.25, 0.3) is 0 Å². The molecule has 0 saturated carbocycles. The number of carbonyl (C=O) groups is 1. The van der Waals surface area contributed by atoms with Crippen LogP contribution in [-0.2, 0) is 9.84 Å². The van der Waals surface area contributed by atoms with Crippen LogP contribution in [0.4, 0.5) is 0 Å². The molecule has 1 aromatic carbocycles. The summed E-state index contributed by atoms with van der Waals surface area (Å²) < 4.78 is 24.9. The topological polar surface area (TPSA) is 66.5 Å². The molecule has 0 bridgehead atoms. The van der Waals surface area contributed by atoms with Crippen molar-refractivity contribution >= 4 is 15.7 Å². The zero-order valence-electron chi connectivity index (χ0n) is 14.1. The van der Waals surface area contributed by atoms with E-state index < -0.39 is 15.1 Å². The Kier molecular flexibility index (Phi) is 5.81. The van der Waals surface area contributed by atoms with Crippen molar-refractivity contribution in [1.29, 1.82) is 0 Å². The number of nitrogens with zero attached hydrogens (tertiary/aromatic N) is 1. The summed E-state index contributed by atoms with van der Waals surface area (Å²) in [4.78, 5) is 15.0. The summed E-state index contributed by atoms with van der Waals surface area (Å²) in [6.45, 7) is 8.20. The summed E-state index contributed by atoms with van der Waals surface area (Å²) in [6.07, 6.45) is 1.98. The molecular formula is C17H26N2O3S. The number of rotatable bonds is 5. The summed E-state index contributed by atoms with van der Waals surface area (Å²) in [7, 11) is -3.48. The fraction of sp³-hybridized carbons (Fsp3) is 0.588. The van der Waals surface area contributed by atoms with Gasteiger partial charge in [0, 0.05) is 12.6 Å². The first-order valence-corrected chi connectivity index (χ1v) is 9.77. The zero-order valence-corrected chi connectivity index (χ0v) is 14.9. The summed E-state index contributed by atoms with van der Waals surface area (Å²) >= 11 is 0. The third-order valence-corrected chi connectivity index (χ3v) is 6.56. The van der Waals surface area contributed by atoms with Gasteiger partial charge < -0.3 is 10.2 Å². The molecule has 1 aromatic rings. The summed E-state index contributed by atoms with van der Waals surface area (Å²) in [5, 5.41) is 2.45. The molecule has 0 spiro atoms. The molecule has 1 saturated heterocycles. The number of piperidine rings is 1. The highest BCUT2D eigenvalue weighted by Gasteiger charge is 2.27. The summed E-state index contributed by atoms with van der Waals surface area (Å²) in [5.74, 6) is -0.298. The largest absolute Gasteiger partial charge is 0.348 e. The van der Waals surface area contributed by atoms with Gasteiger partial charge in [0.1, 0.15) is 0 Å². The molecular weight excluding hydrogens is 312 g/mol. The molecule has 6 heteroatoms. The average molecular weight is 338 g/mol. The number of hydrogen-bond acceptors (Lipinski definition) is 4. The zero-order chi connectivity index (χ0) is 17.0. The van der Waals surface area contributed by atoms with E-state index in [1.807, 2.05) is 0 Å². The lowest BCUT2D eigenvalue weighted by atomic mass is 10.1. The third-order valence-electron chi connectivity index (χ3n) is 4.35. The van der Waals surface area contributed by atoms with Crippen LogP contribution < -0.4 is 5.32 Å². The van der Waals surface area contributed by atoms with Crippen molar-refractivity contribution in [3.8, 4) is 0 Å². The van der Waals surface area contributed by atoms with Crippen molar-refractivity contribution in [1.82, 2.24) is 10.2 Å². The lowest BCUT2D eigenvalue weighted by Crippen LogP contribution is -2.47. The molecule has 0 aromatic heterocycles. The van der Waals surface area contributed by atoms with Crippen molar-refractivity contribution in [2.24, 2.45) is 0 Å². The summed E-state index contributed by atoms with van der Waals surface area (Å²) in [6, 6.07) is 6.54. The first kappa shape index (κ1) is 17.9. The minimum absolute atomic E-state index is 0.0750. The minimum atomic E-state index is -3.48. The van der Waals surface area contributed by atoms with Crippen LogP contribution in [-0.4, -0.2) is 50.2 Å². The molecule has 128 valence electrons. The van der Waals surface area contributed by atoms with E-state index in [0.29, 0.717) is 0 Å². The van der Waals surface area contributed by atoms with E-state index in [2.05, 4.69) is 17.1 Å². The molecule has 1 aliphatic rings. The Labute approximate surface area is 139 Å². The SMILES string of the molecule is CCN1CCCC(NC(=O)c2ccccc2S(=O)(=O)C(C)C)C1. The number of hydrogen-bond donors (Lipinski definition) is 1. The normalized spacial score (nSPS) is 19.7. The van der Waals surface area contributed by atoms with Gasteiger partial charge >= 0.3 is 0 Å². The van der Waals surface area contributed by atoms with Gasteiger partial charge in [-0.25, -0.2) is 8.42 Å². The second-order valence-corrected chi connectivity index (χ2v) is 8.77. The van der Waals surface area contributed by atoms with Gasteiger partial charge in [0.2, 0.25) is 0 Å². The Morgan fingerprint density at radius 2 is 2.04 bits per heavy atom. The fourth-order valence-corrected chi connectivity index (χ4v) is 4.12. The van der Waals surface area contributed by atoms with Crippen LogP contribution in [0.1, 0.15) is 44.0 Å². The van der Waals surface area contributed by atoms with E-state index in [4.69, 9.17) is 0 Å². The van der Waals surface area contributed by atoms with Crippen molar-refractivity contribution in [3.05, 3.63) is 29.8 Å². The number of likely N-dealkylation sites (tertiary alicyclic amines) is 1. The minimum Gasteiger partial charge on any atom is -0.348 e. The quantitative estimate of drug-likeness (QED) is 0.893. The van der Waals surface area contributed by atoms with Crippen LogP contribution in [0.3, 0.4) is 0 Å². The number of amides is 1. The fourth-order valence-electron chi connectivity index (χ4n) is 2.88. The maximum Gasteiger partial charge on any atom is 0.252 e. The van der Waals surface area contributed by atoms with Gasteiger partial charge in [-0.05, 0) is 51.9 Å². The standard InChI is InChI=1S/C17H26N2O3S/c1-4-19-11-7-8-14(12-19)18-17(20)15-9-5-6-10-16(15)23(21,22)13(2)3/h5-6,9-10,13-14H,4,7-8,11-12H2,1-3H3,(H,18,20). The van der Waals surface area contributed by atoms with Crippen molar-refractivity contribution in [2.75, 3.05) is 19.6 Å². The highest BCUT2D eigenvalue weighted by molar-refractivity contribution is 7.92.